The lowest BCUT2D eigenvalue weighted by atomic mass is 10.1. The minimum Gasteiger partial charge on any atom is -0.346 e. The first-order valence-electron chi connectivity index (χ1n) is 5.92. The van der Waals surface area contributed by atoms with Gasteiger partial charge in [0.05, 0.1) is 24.0 Å². The Morgan fingerprint density at radius 2 is 2.32 bits per heavy atom. The molecule has 3 aromatic rings. The van der Waals surface area contributed by atoms with Crippen LogP contribution in [0, 0.1) is 0 Å². The van der Waals surface area contributed by atoms with E-state index in [4.69, 9.17) is 0 Å². The van der Waals surface area contributed by atoms with Crippen molar-refractivity contribution < 1.29 is 4.79 Å². The van der Waals surface area contributed by atoms with Crippen molar-refractivity contribution in [1.29, 1.82) is 0 Å². The van der Waals surface area contributed by atoms with Crippen molar-refractivity contribution in [1.82, 2.24) is 25.3 Å². The fourth-order valence-electron chi connectivity index (χ4n) is 1.91. The van der Waals surface area contributed by atoms with E-state index in [0.29, 0.717) is 12.1 Å². The van der Waals surface area contributed by atoms with Crippen LogP contribution in [0.15, 0.2) is 36.7 Å². The summed E-state index contributed by atoms with van der Waals surface area (Å²) in [5, 5.41) is 14.8. The molecule has 6 heteroatoms. The molecule has 2 heterocycles. The molecular weight excluding hydrogens is 242 g/mol. The molecule has 0 saturated carbocycles. The number of nitrogens with zero attached hydrogens (tertiary/aromatic N) is 3. The van der Waals surface area contributed by atoms with Crippen LogP contribution in [0.1, 0.15) is 16.1 Å². The number of amides is 1. The normalized spacial score (nSPS) is 10.8. The van der Waals surface area contributed by atoms with Gasteiger partial charge in [-0.25, -0.2) is 0 Å². The smallest absolute Gasteiger partial charge is 0.251 e. The quantitative estimate of drug-likeness (QED) is 0.739. The molecule has 19 heavy (non-hydrogen) atoms. The monoisotopic (exact) mass is 255 g/mol. The van der Waals surface area contributed by atoms with Crippen LogP contribution in [0.2, 0.25) is 0 Å². The van der Waals surface area contributed by atoms with Gasteiger partial charge in [0.25, 0.3) is 5.91 Å². The molecule has 0 aliphatic heterocycles. The van der Waals surface area contributed by atoms with E-state index in [1.807, 2.05) is 25.4 Å². The third-order valence-electron chi connectivity index (χ3n) is 2.90. The van der Waals surface area contributed by atoms with Gasteiger partial charge in [-0.1, -0.05) is 6.07 Å². The Bertz CT molecular complexity index is 727. The van der Waals surface area contributed by atoms with E-state index in [-0.39, 0.29) is 5.91 Å². The zero-order valence-electron chi connectivity index (χ0n) is 10.4. The van der Waals surface area contributed by atoms with Gasteiger partial charge in [-0.3, -0.25) is 14.6 Å². The zero-order valence-corrected chi connectivity index (χ0v) is 10.4. The Hall–Kier alpha value is -2.63. The molecule has 2 N–H and O–H groups in total. The molecule has 0 unspecified atom stereocenters. The molecule has 0 aliphatic carbocycles. The second kappa shape index (κ2) is 4.56. The highest BCUT2D eigenvalue weighted by atomic mass is 16.1. The highest BCUT2D eigenvalue weighted by Crippen LogP contribution is 2.12. The van der Waals surface area contributed by atoms with Gasteiger partial charge in [-0.05, 0) is 18.2 Å². The first-order valence-corrected chi connectivity index (χ1v) is 5.92. The van der Waals surface area contributed by atoms with Crippen LogP contribution in [-0.4, -0.2) is 25.9 Å². The molecule has 0 spiro atoms. The predicted octanol–water partition coefficient (Wildman–Crippen LogP) is 1.23. The Morgan fingerprint density at radius 3 is 3.11 bits per heavy atom. The minimum absolute atomic E-state index is 0.123. The number of H-pyrrole nitrogens is 1. The fourth-order valence-corrected chi connectivity index (χ4v) is 1.91. The molecular formula is C13H13N5O. The van der Waals surface area contributed by atoms with Crippen molar-refractivity contribution in [2.24, 2.45) is 7.05 Å². The highest BCUT2D eigenvalue weighted by molar-refractivity contribution is 5.97. The second-order valence-corrected chi connectivity index (χ2v) is 4.34. The Morgan fingerprint density at radius 1 is 1.42 bits per heavy atom. The molecule has 0 aliphatic rings. The lowest BCUT2D eigenvalue weighted by Crippen LogP contribution is -2.23. The van der Waals surface area contributed by atoms with Gasteiger partial charge in [0.15, 0.2) is 0 Å². The number of rotatable bonds is 3. The van der Waals surface area contributed by atoms with E-state index in [9.17, 15) is 4.79 Å². The molecule has 2 aromatic heterocycles. The topological polar surface area (TPSA) is 75.6 Å². The van der Waals surface area contributed by atoms with Crippen molar-refractivity contribution >= 4 is 16.8 Å². The maximum atomic E-state index is 12.0. The second-order valence-electron chi connectivity index (χ2n) is 4.34. The van der Waals surface area contributed by atoms with E-state index in [1.165, 1.54) is 0 Å². The fraction of sp³-hybridized carbons (Fsp3) is 0.154. The number of hydrogen-bond acceptors (Lipinski definition) is 3. The third-order valence-corrected chi connectivity index (χ3v) is 2.90. The van der Waals surface area contributed by atoms with Crippen molar-refractivity contribution in [3.63, 3.8) is 0 Å². The molecule has 0 saturated heterocycles. The number of hydrogen-bond donors (Lipinski definition) is 2. The minimum atomic E-state index is -0.123. The number of benzene rings is 1. The molecule has 0 atom stereocenters. The van der Waals surface area contributed by atoms with Crippen LogP contribution in [-0.2, 0) is 13.6 Å². The molecule has 1 aromatic carbocycles. The van der Waals surface area contributed by atoms with Crippen LogP contribution in [0.4, 0.5) is 0 Å². The largest absolute Gasteiger partial charge is 0.346 e. The number of aryl methyl sites for hydroxylation is 1. The summed E-state index contributed by atoms with van der Waals surface area (Å²) in [5.41, 5.74) is 2.29. The lowest BCUT2D eigenvalue weighted by molar-refractivity contribution is 0.0950. The van der Waals surface area contributed by atoms with E-state index >= 15 is 0 Å². The van der Waals surface area contributed by atoms with Gasteiger partial charge in [-0.15, -0.1) is 0 Å². The van der Waals surface area contributed by atoms with Crippen LogP contribution in [0.3, 0.4) is 0 Å². The SMILES string of the molecule is Cn1ccc(CNC(=O)c2ccc3cn[nH]c3c2)n1. The average molecular weight is 255 g/mol. The summed E-state index contributed by atoms with van der Waals surface area (Å²) in [6.07, 6.45) is 3.57. The van der Waals surface area contributed by atoms with Crippen LogP contribution in [0.25, 0.3) is 10.9 Å². The van der Waals surface area contributed by atoms with E-state index in [1.54, 1.807) is 23.0 Å². The third kappa shape index (κ3) is 2.33. The Balaban J connectivity index is 1.72. The summed E-state index contributed by atoms with van der Waals surface area (Å²) in [6, 6.07) is 7.31. The van der Waals surface area contributed by atoms with Crippen molar-refractivity contribution in [3.8, 4) is 0 Å². The maximum Gasteiger partial charge on any atom is 0.251 e. The lowest BCUT2D eigenvalue weighted by Gasteiger charge is -2.03. The maximum absolute atomic E-state index is 12.0. The molecule has 6 nitrogen and oxygen atoms in total. The molecule has 96 valence electrons. The number of aromatic nitrogens is 4. The van der Waals surface area contributed by atoms with Crippen LogP contribution >= 0.6 is 0 Å². The van der Waals surface area contributed by atoms with E-state index in [2.05, 4.69) is 20.6 Å². The highest BCUT2D eigenvalue weighted by Gasteiger charge is 2.07. The first-order chi connectivity index (χ1) is 9.22. The van der Waals surface area contributed by atoms with Crippen molar-refractivity contribution in [2.75, 3.05) is 0 Å². The van der Waals surface area contributed by atoms with Gasteiger partial charge in [0.2, 0.25) is 0 Å². The average Bonchev–Trinajstić information content (AvgIpc) is 3.03. The van der Waals surface area contributed by atoms with Crippen LogP contribution in [0.5, 0.6) is 0 Å². The molecule has 0 fully saturated rings. The summed E-state index contributed by atoms with van der Waals surface area (Å²) in [4.78, 5) is 12.0. The van der Waals surface area contributed by atoms with E-state index in [0.717, 1.165) is 16.6 Å². The van der Waals surface area contributed by atoms with Gasteiger partial charge in [0, 0.05) is 24.2 Å². The van der Waals surface area contributed by atoms with Gasteiger partial charge < -0.3 is 5.32 Å². The van der Waals surface area contributed by atoms with Crippen molar-refractivity contribution in [3.05, 3.63) is 47.9 Å². The zero-order chi connectivity index (χ0) is 13.2. The summed E-state index contributed by atoms with van der Waals surface area (Å²) in [5.74, 6) is -0.123. The number of carbonyl (C=O) groups excluding carboxylic acids is 1. The number of carbonyl (C=O) groups is 1. The molecule has 3 rings (SSSR count). The van der Waals surface area contributed by atoms with Gasteiger partial charge >= 0.3 is 0 Å². The summed E-state index contributed by atoms with van der Waals surface area (Å²) >= 11 is 0. The standard InChI is InChI=1S/C13H13N5O/c1-18-5-4-11(17-18)8-14-13(19)9-2-3-10-7-15-16-12(10)6-9/h2-7H,8H2,1H3,(H,14,19)(H,15,16). The molecule has 1 amide bonds. The molecule has 0 bridgehead atoms. The van der Waals surface area contributed by atoms with Gasteiger partial charge in [-0.2, -0.15) is 10.2 Å². The summed E-state index contributed by atoms with van der Waals surface area (Å²) in [6.45, 7) is 0.417. The van der Waals surface area contributed by atoms with Gasteiger partial charge in [0.1, 0.15) is 0 Å². The van der Waals surface area contributed by atoms with Crippen LogP contribution < -0.4 is 5.32 Å². The summed E-state index contributed by atoms with van der Waals surface area (Å²) in [7, 11) is 1.84. The Labute approximate surface area is 109 Å². The number of aromatic amines is 1. The number of fused-ring (bicyclic) bond motifs is 1. The molecule has 0 radical (unpaired) electrons. The first kappa shape index (κ1) is 11.5. The summed E-state index contributed by atoms with van der Waals surface area (Å²) < 4.78 is 1.71. The van der Waals surface area contributed by atoms with E-state index < -0.39 is 0 Å². The Kier molecular flexibility index (Phi) is 2.75. The number of nitrogens with one attached hydrogen (secondary N) is 2. The van der Waals surface area contributed by atoms with Crippen molar-refractivity contribution in [2.45, 2.75) is 6.54 Å². The predicted molar refractivity (Wildman–Crippen MR) is 70.5 cm³/mol.